The van der Waals surface area contributed by atoms with E-state index < -0.39 is 23.7 Å². The van der Waals surface area contributed by atoms with Gasteiger partial charge in [-0.25, -0.2) is 19.3 Å². The van der Waals surface area contributed by atoms with Crippen LogP contribution in [0, 0.1) is 11.7 Å². The Balaban J connectivity index is 1.65. The van der Waals surface area contributed by atoms with Crippen molar-refractivity contribution in [1.82, 2.24) is 29.5 Å². The lowest BCUT2D eigenvalue weighted by Gasteiger charge is -2.20. The number of H-pyrrole nitrogens is 1. The number of nitrogens with one attached hydrogen (secondary N) is 1. The van der Waals surface area contributed by atoms with E-state index in [4.69, 9.17) is 4.98 Å². The molecule has 180 valence electrons. The average Bonchev–Trinajstić information content (AvgIpc) is 3.47. The zero-order valence-corrected chi connectivity index (χ0v) is 19.3. The fourth-order valence-electron chi connectivity index (χ4n) is 4.44. The van der Waals surface area contributed by atoms with E-state index in [1.165, 1.54) is 12.1 Å². The Bertz CT molecular complexity index is 1590. The zero-order chi connectivity index (χ0) is 25.2. The van der Waals surface area contributed by atoms with Crippen LogP contribution in [0.1, 0.15) is 17.3 Å². The Morgan fingerprint density at radius 2 is 2.00 bits per heavy atom. The van der Waals surface area contributed by atoms with Crippen molar-refractivity contribution >= 4 is 28.0 Å². The molecule has 0 bridgehead atoms. The molecule has 0 amide bonds. The molecule has 0 fully saturated rings. The van der Waals surface area contributed by atoms with Crippen molar-refractivity contribution in [2.75, 3.05) is 0 Å². The average molecular weight is 483 g/mol. The van der Waals surface area contributed by atoms with Gasteiger partial charge in [-0.2, -0.15) is 0 Å². The Morgan fingerprint density at radius 3 is 2.72 bits per heavy atom. The third-order valence-electron chi connectivity index (χ3n) is 6.24. The number of nitrogens with zero attached hydrogens (tertiary/aromatic N) is 5. The van der Waals surface area contributed by atoms with Gasteiger partial charge in [-0.05, 0) is 36.6 Å². The van der Waals surface area contributed by atoms with Crippen LogP contribution in [0.15, 0.2) is 80.6 Å². The fourth-order valence-corrected chi connectivity index (χ4v) is 4.44. The van der Waals surface area contributed by atoms with Crippen LogP contribution in [0.3, 0.4) is 0 Å². The molecule has 5 rings (SSSR count). The highest BCUT2D eigenvalue weighted by Gasteiger charge is 2.27. The molecular formula is C27H23FN6O2. The highest BCUT2D eigenvalue weighted by molar-refractivity contribution is 5.93. The zero-order valence-electron chi connectivity index (χ0n) is 19.3. The molecule has 2 atom stereocenters. The number of aliphatic carboxylic acids is 1. The summed E-state index contributed by atoms with van der Waals surface area (Å²) in [7, 11) is 0. The van der Waals surface area contributed by atoms with Gasteiger partial charge in [-0.3, -0.25) is 9.78 Å². The van der Waals surface area contributed by atoms with Crippen LogP contribution in [0.5, 0.6) is 0 Å². The molecule has 5 aromatic heterocycles. The molecule has 0 radical (unpaired) electrons. The number of aromatic amines is 1. The van der Waals surface area contributed by atoms with Crippen molar-refractivity contribution < 1.29 is 14.3 Å². The molecule has 0 spiro atoms. The van der Waals surface area contributed by atoms with E-state index in [-0.39, 0.29) is 0 Å². The molecule has 0 aliphatic rings. The minimum absolute atomic E-state index is 0.366. The van der Waals surface area contributed by atoms with Gasteiger partial charge in [0.25, 0.3) is 0 Å². The molecule has 2 N–H and O–H groups in total. The number of fused-ring (bicyclic) bond motifs is 2. The highest BCUT2D eigenvalue weighted by atomic mass is 19.1. The summed E-state index contributed by atoms with van der Waals surface area (Å²) in [4.78, 5) is 32.8. The summed E-state index contributed by atoms with van der Waals surface area (Å²) in [5, 5.41) is 11.1. The molecule has 0 aliphatic heterocycles. The molecule has 36 heavy (non-hydrogen) atoms. The van der Waals surface area contributed by atoms with Crippen molar-refractivity contribution in [2.45, 2.75) is 18.9 Å². The van der Waals surface area contributed by atoms with Crippen LogP contribution in [0.2, 0.25) is 0 Å². The van der Waals surface area contributed by atoms with Crippen LogP contribution in [0.25, 0.3) is 33.5 Å². The number of carboxylic acids is 1. The number of aryl methyl sites for hydroxylation is 2. The predicted molar refractivity (Wildman–Crippen MR) is 135 cm³/mol. The summed E-state index contributed by atoms with van der Waals surface area (Å²) < 4.78 is 15.7. The van der Waals surface area contributed by atoms with Gasteiger partial charge in [-0.15, -0.1) is 13.2 Å². The van der Waals surface area contributed by atoms with Crippen LogP contribution in [-0.4, -0.2) is 40.6 Å². The van der Waals surface area contributed by atoms with Crippen LogP contribution >= 0.6 is 0 Å². The molecule has 0 unspecified atom stereocenters. The number of allylic oxidation sites excluding steroid dienone is 1. The molecule has 5 heterocycles. The number of rotatable bonds is 9. The first-order chi connectivity index (χ1) is 17.5. The number of hydrogen-bond donors (Lipinski definition) is 2. The normalized spacial score (nSPS) is 13.0. The molecular weight excluding hydrogens is 459 g/mol. The SMILES string of the molecule is C=C[C@H]([C@@H](C=C)C(=O)O)n1cc(CCc2ccccn2)c2cnc(-c3c[nH]c4ncc(F)cc34)nc21. The van der Waals surface area contributed by atoms with Gasteiger partial charge in [-0.1, -0.05) is 18.2 Å². The Morgan fingerprint density at radius 1 is 1.14 bits per heavy atom. The van der Waals surface area contributed by atoms with Gasteiger partial charge in [0.1, 0.15) is 17.1 Å². The molecule has 0 saturated heterocycles. The third-order valence-corrected chi connectivity index (χ3v) is 6.24. The summed E-state index contributed by atoms with van der Waals surface area (Å²) >= 11 is 0. The summed E-state index contributed by atoms with van der Waals surface area (Å²) in [5.41, 5.74) is 3.55. The van der Waals surface area contributed by atoms with E-state index in [0.717, 1.165) is 22.8 Å². The summed E-state index contributed by atoms with van der Waals surface area (Å²) in [6.07, 6.45) is 12.5. The smallest absolute Gasteiger partial charge is 0.312 e. The summed E-state index contributed by atoms with van der Waals surface area (Å²) in [5.74, 6) is -2.03. The third kappa shape index (κ3) is 4.15. The minimum Gasteiger partial charge on any atom is -0.481 e. The highest BCUT2D eigenvalue weighted by Crippen LogP contribution is 2.32. The second-order valence-electron chi connectivity index (χ2n) is 8.39. The Hall–Kier alpha value is -4.66. The van der Waals surface area contributed by atoms with E-state index in [9.17, 15) is 14.3 Å². The maximum Gasteiger partial charge on any atom is 0.312 e. The maximum absolute atomic E-state index is 13.9. The Labute approximate surface area is 205 Å². The van der Waals surface area contributed by atoms with Gasteiger partial charge in [0.2, 0.25) is 0 Å². The molecule has 8 nitrogen and oxygen atoms in total. The molecule has 9 heteroatoms. The van der Waals surface area contributed by atoms with Gasteiger partial charge in [0.05, 0.1) is 18.2 Å². The van der Waals surface area contributed by atoms with Crippen molar-refractivity contribution in [3.8, 4) is 11.4 Å². The number of halogens is 1. The van der Waals surface area contributed by atoms with E-state index in [2.05, 4.69) is 33.1 Å². The van der Waals surface area contributed by atoms with E-state index in [1.807, 2.05) is 24.4 Å². The van der Waals surface area contributed by atoms with Gasteiger partial charge in [0.15, 0.2) is 5.82 Å². The summed E-state index contributed by atoms with van der Waals surface area (Å²) in [6.45, 7) is 7.59. The standard InChI is InChI=1S/C27H23FN6O2/c1-3-19(27(35)36)23(4-2)34-15-16(8-9-18-7-5-6-10-29-18)21-13-32-25(33-26(21)34)22-14-31-24-20(22)11-17(28)12-30-24/h3-7,10-15,19,23H,1-2,8-9H2,(H,30,31)(H,35,36)/t19-,23-/m1/s1. The fraction of sp³-hybridized carbons (Fsp3) is 0.148. The number of carbonyl (C=O) groups is 1. The van der Waals surface area contributed by atoms with E-state index in [1.54, 1.807) is 29.2 Å². The molecule has 0 aliphatic carbocycles. The lowest BCUT2D eigenvalue weighted by molar-refractivity contribution is -0.140. The van der Waals surface area contributed by atoms with Crippen molar-refractivity contribution in [3.63, 3.8) is 0 Å². The van der Waals surface area contributed by atoms with Crippen LogP contribution in [-0.2, 0) is 17.6 Å². The largest absolute Gasteiger partial charge is 0.481 e. The molecule has 0 aromatic carbocycles. The number of pyridine rings is 2. The second kappa shape index (κ2) is 9.53. The van der Waals surface area contributed by atoms with Crippen molar-refractivity contribution in [3.05, 3.63) is 97.6 Å². The summed E-state index contributed by atoms with van der Waals surface area (Å²) in [6, 6.07) is 6.52. The lowest BCUT2D eigenvalue weighted by Crippen LogP contribution is -2.23. The van der Waals surface area contributed by atoms with E-state index in [0.29, 0.717) is 40.9 Å². The minimum atomic E-state index is -1.01. The predicted octanol–water partition coefficient (Wildman–Crippen LogP) is 4.91. The maximum atomic E-state index is 13.9. The number of hydrogen-bond acceptors (Lipinski definition) is 5. The topological polar surface area (TPSA) is 110 Å². The number of aromatic nitrogens is 6. The first kappa shape index (κ1) is 23.1. The van der Waals surface area contributed by atoms with Crippen molar-refractivity contribution in [2.24, 2.45) is 5.92 Å². The first-order valence-electron chi connectivity index (χ1n) is 11.4. The second-order valence-corrected chi connectivity index (χ2v) is 8.39. The van der Waals surface area contributed by atoms with E-state index >= 15 is 0 Å². The monoisotopic (exact) mass is 482 g/mol. The molecule has 0 saturated carbocycles. The number of carboxylic acid groups (broad SMARTS) is 1. The Kier molecular flexibility index (Phi) is 6.12. The first-order valence-corrected chi connectivity index (χ1v) is 11.4. The van der Waals surface area contributed by atoms with Gasteiger partial charge >= 0.3 is 5.97 Å². The van der Waals surface area contributed by atoms with Gasteiger partial charge < -0.3 is 14.7 Å². The van der Waals surface area contributed by atoms with Crippen LogP contribution < -0.4 is 0 Å². The van der Waals surface area contributed by atoms with Crippen LogP contribution in [0.4, 0.5) is 4.39 Å². The van der Waals surface area contributed by atoms with Gasteiger partial charge in [0, 0.05) is 46.8 Å². The lowest BCUT2D eigenvalue weighted by atomic mass is 10.00. The molecule has 5 aromatic rings. The van der Waals surface area contributed by atoms with Crippen molar-refractivity contribution in [1.29, 1.82) is 0 Å². The quantitative estimate of drug-likeness (QED) is 0.289.